The number of carbonyl (C=O) groups excluding carboxylic acids is 2. The Labute approximate surface area is 184 Å². The molecule has 4 N–H and O–H groups in total. The highest BCUT2D eigenvalue weighted by atomic mass is 16.4. The van der Waals surface area contributed by atoms with Crippen molar-refractivity contribution in [2.45, 2.75) is 52.0 Å². The molecule has 0 aliphatic carbocycles. The van der Waals surface area contributed by atoms with Crippen LogP contribution in [0.15, 0.2) is 42.1 Å². The number of amides is 3. The Morgan fingerprint density at radius 1 is 1.32 bits per heavy atom. The molecule has 1 aliphatic rings. The van der Waals surface area contributed by atoms with E-state index < -0.39 is 19.1 Å². The zero-order valence-electron chi connectivity index (χ0n) is 18.3. The molecule has 0 radical (unpaired) electrons. The first-order valence-corrected chi connectivity index (χ1v) is 10.5. The lowest BCUT2D eigenvalue weighted by Gasteiger charge is -2.26. The van der Waals surface area contributed by atoms with E-state index >= 15 is 0 Å². The number of hydrogen-bond donors (Lipinski definition) is 4. The van der Waals surface area contributed by atoms with Gasteiger partial charge in [0, 0.05) is 19.1 Å². The fraction of sp³-hybridized carbons (Fsp3) is 0.500. The van der Waals surface area contributed by atoms with Crippen LogP contribution in [0.3, 0.4) is 0 Å². The summed E-state index contributed by atoms with van der Waals surface area (Å²) in [6.45, 7) is 13.9. The predicted molar refractivity (Wildman–Crippen MR) is 120 cm³/mol. The smallest absolute Gasteiger partial charge is 0.426 e. The number of urea groups is 1. The summed E-state index contributed by atoms with van der Waals surface area (Å²) in [5.41, 5.74) is 0.669. The van der Waals surface area contributed by atoms with Gasteiger partial charge in [0.2, 0.25) is 5.70 Å². The number of benzene rings is 1. The van der Waals surface area contributed by atoms with Gasteiger partial charge in [0.05, 0.1) is 12.5 Å². The summed E-state index contributed by atoms with van der Waals surface area (Å²) in [5.74, 6) is -1.19. The zero-order valence-corrected chi connectivity index (χ0v) is 18.3. The second-order valence-corrected chi connectivity index (χ2v) is 8.87. The van der Waals surface area contributed by atoms with Crippen LogP contribution in [0.5, 0.6) is 0 Å². The summed E-state index contributed by atoms with van der Waals surface area (Å²) >= 11 is 0. The fourth-order valence-corrected chi connectivity index (χ4v) is 3.54. The van der Waals surface area contributed by atoms with Crippen molar-refractivity contribution in [2.24, 2.45) is 5.41 Å². The molecule has 2 rings (SSSR count). The molecule has 2 atom stereocenters. The number of nitrogens with one attached hydrogen (secondary N) is 2. The van der Waals surface area contributed by atoms with Crippen molar-refractivity contribution >= 4 is 19.1 Å². The summed E-state index contributed by atoms with van der Waals surface area (Å²) in [5, 5.41) is 24.6. The van der Waals surface area contributed by atoms with Gasteiger partial charge >= 0.3 is 13.1 Å². The minimum Gasteiger partial charge on any atom is -0.426 e. The molecule has 9 heteroatoms. The predicted octanol–water partition coefficient (Wildman–Crippen LogP) is 1.75. The van der Waals surface area contributed by atoms with Crippen LogP contribution in [0.25, 0.3) is 4.85 Å². The summed E-state index contributed by atoms with van der Waals surface area (Å²) in [4.78, 5) is 30.2. The van der Waals surface area contributed by atoms with E-state index in [4.69, 9.17) is 6.57 Å². The number of carbonyl (C=O) groups is 2. The van der Waals surface area contributed by atoms with Crippen LogP contribution in [0, 0.1) is 12.0 Å². The number of rotatable bonds is 7. The molecule has 1 aliphatic heterocycles. The van der Waals surface area contributed by atoms with Crippen molar-refractivity contribution < 1.29 is 19.6 Å². The highest BCUT2D eigenvalue weighted by Crippen LogP contribution is 2.23. The molecule has 1 fully saturated rings. The molecule has 1 heterocycles. The van der Waals surface area contributed by atoms with Crippen LogP contribution in [0.1, 0.15) is 39.2 Å². The van der Waals surface area contributed by atoms with Crippen LogP contribution >= 0.6 is 0 Å². The molecule has 166 valence electrons. The van der Waals surface area contributed by atoms with E-state index in [2.05, 4.69) is 15.5 Å². The third kappa shape index (κ3) is 7.74. The number of allylic oxidation sites excluding steroid dienone is 1. The van der Waals surface area contributed by atoms with Gasteiger partial charge in [-0.15, -0.1) is 0 Å². The lowest BCUT2D eigenvalue weighted by atomic mass is 9.76. The molecule has 0 aromatic heterocycles. The molecule has 3 amide bonds. The van der Waals surface area contributed by atoms with Gasteiger partial charge in [0.25, 0.3) is 5.91 Å². The Bertz CT molecular complexity index is 830. The maximum Gasteiger partial charge on any atom is 0.475 e. The summed E-state index contributed by atoms with van der Waals surface area (Å²) in [6, 6.07) is 8.48. The molecule has 1 aromatic rings. The molecule has 31 heavy (non-hydrogen) atoms. The Morgan fingerprint density at radius 2 is 2.00 bits per heavy atom. The van der Waals surface area contributed by atoms with E-state index in [-0.39, 0.29) is 36.0 Å². The van der Waals surface area contributed by atoms with E-state index in [1.165, 1.54) is 0 Å². The van der Waals surface area contributed by atoms with Crippen LogP contribution in [0.2, 0.25) is 0 Å². The summed E-state index contributed by atoms with van der Waals surface area (Å²) in [7, 11) is -1.71. The highest BCUT2D eigenvalue weighted by molar-refractivity contribution is 6.43. The second kappa shape index (κ2) is 11.0. The zero-order chi connectivity index (χ0) is 23.0. The van der Waals surface area contributed by atoms with Gasteiger partial charge in [-0.2, -0.15) is 0 Å². The Morgan fingerprint density at radius 3 is 2.58 bits per heavy atom. The van der Waals surface area contributed by atoms with Crippen LogP contribution in [-0.2, 0) is 11.2 Å². The van der Waals surface area contributed by atoms with E-state index in [1.807, 2.05) is 51.1 Å². The number of hydrogen-bond acceptors (Lipinski definition) is 4. The Balaban J connectivity index is 1.94. The normalized spacial score (nSPS) is 17.6. The van der Waals surface area contributed by atoms with Crippen LogP contribution in [0.4, 0.5) is 4.79 Å². The second-order valence-electron chi connectivity index (χ2n) is 8.87. The molecule has 0 unspecified atom stereocenters. The largest absolute Gasteiger partial charge is 0.475 e. The van der Waals surface area contributed by atoms with Gasteiger partial charge in [0.1, 0.15) is 0 Å². The lowest BCUT2D eigenvalue weighted by molar-refractivity contribution is -0.127. The van der Waals surface area contributed by atoms with Crippen molar-refractivity contribution in [3.05, 3.63) is 59.1 Å². The van der Waals surface area contributed by atoms with Gasteiger partial charge in [-0.3, -0.25) is 4.79 Å². The molecule has 1 saturated heterocycles. The Hall–Kier alpha value is -2.83. The number of likely N-dealkylation sites (tertiary alicyclic amines) is 1. The third-order valence-electron chi connectivity index (χ3n) is 5.02. The first-order chi connectivity index (χ1) is 14.6. The van der Waals surface area contributed by atoms with E-state index in [0.717, 1.165) is 18.4 Å². The molecule has 1 aromatic carbocycles. The minimum absolute atomic E-state index is 0.0928. The molecule has 0 spiro atoms. The molecule has 0 saturated carbocycles. The average molecular weight is 426 g/mol. The molecule has 8 nitrogen and oxygen atoms in total. The van der Waals surface area contributed by atoms with Crippen LogP contribution in [-0.4, -0.2) is 59.1 Å². The van der Waals surface area contributed by atoms with Gasteiger partial charge in [-0.1, -0.05) is 57.2 Å². The van der Waals surface area contributed by atoms with E-state index in [1.54, 1.807) is 11.0 Å². The third-order valence-corrected chi connectivity index (χ3v) is 5.02. The number of nitrogens with zero attached hydrogens (tertiary/aromatic N) is 2. The van der Waals surface area contributed by atoms with Crippen molar-refractivity contribution in [2.75, 3.05) is 13.1 Å². The van der Waals surface area contributed by atoms with Crippen molar-refractivity contribution in [3.8, 4) is 0 Å². The van der Waals surface area contributed by atoms with Crippen molar-refractivity contribution in [1.29, 1.82) is 0 Å². The standard InChI is InChI=1S/C22H31BN4O4/c1-22(2,3)14-18(24-4)20(28)27-12-8-11-17(27)15-25-21(29)26-19(23(30)31)13-16-9-6-5-7-10-16/h5-7,9-10,14,17,19,30-31H,8,11-13,15H2,1-3H3,(H2,25,26,29)/t17-,19-/m0/s1. The topological polar surface area (TPSA) is 106 Å². The Kier molecular flexibility index (Phi) is 8.66. The molecular weight excluding hydrogens is 395 g/mol. The van der Waals surface area contributed by atoms with Crippen molar-refractivity contribution in [3.63, 3.8) is 0 Å². The summed E-state index contributed by atoms with van der Waals surface area (Å²) < 4.78 is 0. The van der Waals surface area contributed by atoms with E-state index in [0.29, 0.717) is 6.54 Å². The van der Waals surface area contributed by atoms with Gasteiger partial charge in [-0.25, -0.2) is 9.64 Å². The summed E-state index contributed by atoms with van der Waals surface area (Å²) in [6.07, 6.45) is 3.47. The van der Waals surface area contributed by atoms with Crippen molar-refractivity contribution in [1.82, 2.24) is 15.5 Å². The lowest BCUT2D eigenvalue weighted by Crippen LogP contribution is -2.53. The fourth-order valence-electron chi connectivity index (χ4n) is 3.54. The maximum absolute atomic E-state index is 12.8. The molecule has 0 bridgehead atoms. The van der Waals surface area contributed by atoms with Gasteiger partial charge in [0.15, 0.2) is 0 Å². The van der Waals surface area contributed by atoms with Gasteiger partial charge in [-0.05, 0) is 30.2 Å². The minimum atomic E-state index is -1.71. The average Bonchev–Trinajstić information content (AvgIpc) is 3.18. The first kappa shape index (κ1) is 24.4. The highest BCUT2D eigenvalue weighted by Gasteiger charge is 2.32. The first-order valence-electron chi connectivity index (χ1n) is 10.5. The monoisotopic (exact) mass is 426 g/mol. The maximum atomic E-state index is 12.8. The van der Waals surface area contributed by atoms with Gasteiger partial charge < -0.3 is 25.6 Å². The van der Waals surface area contributed by atoms with Crippen LogP contribution < -0.4 is 10.6 Å². The molecular formula is C22H31BN4O4. The quantitative estimate of drug-likeness (QED) is 0.303. The SMILES string of the molecule is [C-]#[N+]C(=CC(C)(C)C)C(=O)N1CCC[C@H]1CNC(=O)N[C@@H](Cc1ccccc1)B(O)O. The van der Waals surface area contributed by atoms with E-state index in [9.17, 15) is 19.6 Å².